The van der Waals surface area contributed by atoms with Gasteiger partial charge < -0.3 is 10.3 Å². The maximum Gasteiger partial charge on any atom is 0.270 e. The van der Waals surface area contributed by atoms with Gasteiger partial charge >= 0.3 is 0 Å². The van der Waals surface area contributed by atoms with E-state index in [1.54, 1.807) is 11.3 Å². The quantitative estimate of drug-likeness (QED) is 0.747. The molecule has 0 bridgehead atoms. The molecule has 0 fully saturated rings. The number of nitrogens with zero attached hydrogens (tertiary/aromatic N) is 3. The van der Waals surface area contributed by atoms with E-state index in [0.29, 0.717) is 18.3 Å². The Hall–Kier alpha value is -1.76. The van der Waals surface area contributed by atoms with Crippen molar-refractivity contribution in [2.24, 2.45) is 5.73 Å². The van der Waals surface area contributed by atoms with Gasteiger partial charge in [-0.05, 0) is 12.5 Å². The van der Waals surface area contributed by atoms with Crippen LogP contribution < -0.4 is 5.73 Å². The van der Waals surface area contributed by atoms with Gasteiger partial charge in [-0.3, -0.25) is 0 Å². The topological polar surface area (TPSA) is 77.8 Å². The zero-order chi connectivity index (χ0) is 16.6. The summed E-state index contributed by atoms with van der Waals surface area (Å²) in [6, 6.07) is 7.86. The Morgan fingerprint density at radius 2 is 1.79 bits per heavy atom. The number of thiazole rings is 1. The van der Waals surface area contributed by atoms with Gasteiger partial charge in [-0.25, -0.2) is 4.98 Å². The Labute approximate surface area is 151 Å². The van der Waals surface area contributed by atoms with Crippen LogP contribution >= 0.6 is 23.7 Å². The summed E-state index contributed by atoms with van der Waals surface area (Å²) in [5.74, 6) is 1.10. The SMILES string of the molecule is Cc1nc(C(C)(C)C)sc1-c1nc(-c2ccc(CN)cc2)no1.Cl. The zero-order valence-electron chi connectivity index (χ0n) is 14.2. The monoisotopic (exact) mass is 364 g/mol. The van der Waals surface area contributed by atoms with Gasteiger partial charge in [0.1, 0.15) is 4.88 Å². The first-order valence-electron chi connectivity index (χ1n) is 7.50. The molecule has 128 valence electrons. The van der Waals surface area contributed by atoms with Crippen molar-refractivity contribution in [3.63, 3.8) is 0 Å². The molecule has 2 aromatic heterocycles. The van der Waals surface area contributed by atoms with E-state index in [1.807, 2.05) is 31.2 Å². The Morgan fingerprint density at radius 3 is 2.33 bits per heavy atom. The van der Waals surface area contributed by atoms with Crippen LogP contribution in [0.3, 0.4) is 0 Å². The normalized spacial score (nSPS) is 11.4. The Kier molecular flexibility index (Phi) is 5.42. The van der Waals surface area contributed by atoms with Crippen molar-refractivity contribution < 1.29 is 4.52 Å². The lowest BCUT2D eigenvalue weighted by molar-refractivity contribution is 0.433. The number of halogens is 1. The number of hydrogen-bond acceptors (Lipinski definition) is 6. The van der Waals surface area contributed by atoms with Crippen LogP contribution in [0.4, 0.5) is 0 Å². The largest absolute Gasteiger partial charge is 0.333 e. The highest BCUT2D eigenvalue weighted by Crippen LogP contribution is 2.35. The molecular weight excluding hydrogens is 344 g/mol. The fourth-order valence-corrected chi connectivity index (χ4v) is 3.18. The van der Waals surface area contributed by atoms with Crippen molar-refractivity contribution >= 4 is 23.7 Å². The predicted molar refractivity (Wildman–Crippen MR) is 99.4 cm³/mol. The molecule has 1 aromatic carbocycles. The molecule has 24 heavy (non-hydrogen) atoms. The van der Waals surface area contributed by atoms with Crippen LogP contribution in [0.2, 0.25) is 0 Å². The Bertz CT molecular complexity index is 818. The van der Waals surface area contributed by atoms with E-state index in [2.05, 4.69) is 35.9 Å². The molecule has 0 aliphatic carbocycles. The lowest BCUT2D eigenvalue weighted by atomic mass is 9.98. The summed E-state index contributed by atoms with van der Waals surface area (Å²) in [6.45, 7) is 8.93. The highest BCUT2D eigenvalue weighted by atomic mass is 35.5. The lowest BCUT2D eigenvalue weighted by Gasteiger charge is -2.13. The van der Waals surface area contributed by atoms with Crippen LogP contribution in [0, 0.1) is 6.92 Å². The molecule has 0 aliphatic rings. The second-order valence-electron chi connectivity index (χ2n) is 6.51. The average Bonchev–Trinajstić information content (AvgIpc) is 3.13. The van der Waals surface area contributed by atoms with E-state index >= 15 is 0 Å². The van der Waals surface area contributed by atoms with Crippen molar-refractivity contribution in [2.75, 3.05) is 0 Å². The fourth-order valence-electron chi connectivity index (χ4n) is 2.14. The van der Waals surface area contributed by atoms with Crippen LogP contribution in [0.5, 0.6) is 0 Å². The van der Waals surface area contributed by atoms with Gasteiger partial charge in [-0.2, -0.15) is 4.98 Å². The van der Waals surface area contributed by atoms with Crippen molar-refractivity contribution in [1.82, 2.24) is 15.1 Å². The van der Waals surface area contributed by atoms with Crippen molar-refractivity contribution in [2.45, 2.75) is 39.7 Å². The van der Waals surface area contributed by atoms with E-state index in [0.717, 1.165) is 26.7 Å². The Morgan fingerprint density at radius 1 is 1.12 bits per heavy atom. The molecule has 0 aliphatic heterocycles. The van der Waals surface area contributed by atoms with E-state index < -0.39 is 0 Å². The van der Waals surface area contributed by atoms with Crippen LogP contribution in [-0.2, 0) is 12.0 Å². The molecule has 2 N–H and O–H groups in total. The van der Waals surface area contributed by atoms with Gasteiger partial charge in [0.15, 0.2) is 0 Å². The summed E-state index contributed by atoms with van der Waals surface area (Å²) < 4.78 is 5.45. The minimum atomic E-state index is 0. The third kappa shape index (κ3) is 3.66. The van der Waals surface area contributed by atoms with Gasteiger partial charge in [0.2, 0.25) is 5.82 Å². The fraction of sp³-hybridized carbons (Fsp3) is 0.353. The molecular formula is C17H21ClN4OS. The van der Waals surface area contributed by atoms with E-state index in [9.17, 15) is 0 Å². The molecule has 0 amide bonds. The second kappa shape index (κ2) is 7.01. The summed E-state index contributed by atoms with van der Waals surface area (Å²) in [7, 11) is 0. The third-order valence-corrected chi connectivity index (χ3v) is 5.08. The molecule has 0 saturated heterocycles. The molecule has 3 rings (SSSR count). The summed E-state index contributed by atoms with van der Waals surface area (Å²) >= 11 is 1.61. The summed E-state index contributed by atoms with van der Waals surface area (Å²) in [4.78, 5) is 10.1. The van der Waals surface area contributed by atoms with Crippen LogP contribution in [0.25, 0.3) is 22.2 Å². The molecule has 5 nitrogen and oxygen atoms in total. The van der Waals surface area contributed by atoms with E-state index in [4.69, 9.17) is 10.3 Å². The van der Waals surface area contributed by atoms with Crippen LogP contribution in [-0.4, -0.2) is 15.1 Å². The summed E-state index contributed by atoms with van der Waals surface area (Å²) in [6.07, 6.45) is 0. The van der Waals surface area contributed by atoms with Gasteiger partial charge in [-0.15, -0.1) is 23.7 Å². The number of benzene rings is 1. The van der Waals surface area contributed by atoms with Crippen molar-refractivity contribution in [3.05, 3.63) is 40.5 Å². The van der Waals surface area contributed by atoms with Gasteiger partial charge in [-0.1, -0.05) is 50.2 Å². The number of aromatic nitrogens is 3. The first-order valence-corrected chi connectivity index (χ1v) is 8.31. The maximum atomic E-state index is 5.62. The molecule has 3 aromatic rings. The summed E-state index contributed by atoms with van der Waals surface area (Å²) in [5.41, 5.74) is 8.54. The highest BCUT2D eigenvalue weighted by Gasteiger charge is 2.23. The lowest BCUT2D eigenvalue weighted by Crippen LogP contribution is -2.10. The molecule has 2 heterocycles. The summed E-state index contributed by atoms with van der Waals surface area (Å²) in [5, 5.41) is 5.16. The van der Waals surface area contributed by atoms with Gasteiger partial charge in [0.05, 0.1) is 10.7 Å². The van der Waals surface area contributed by atoms with Crippen LogP contribution in [0.15, 0.2) is 28.8 Å². The molecule has 7 heteroatoms. The minimum absolute atomic E-state index is 0. The number of nitrogens with two attached hydrogens (primary N) is 1. The number of rotatable bonds is 3. The standard InChI is InChI=1S/C17H20N4OS.ClH/c1-10-13(23-16(19-10)17(2,3)4)15-20-14(21-22-15)12-7-5-11(9-18)6-8-12;/h5-8H,9,18H2,1-4H3;1H. The third-order valence-electron chi connectivity index (χ3n) is 3.51. The van der Waals surface area contributed by atoms with Crippen molar-refractivity contribution in [1.29, 1.82) is 0 Å². The zero-order valence-corrected chi connectivity index (χ0v) is 15.8. The molecule has 0 spiro atoms. The second-order valence-corrected chi connectivity index (χ2v) is 7.51. The maximum absolute atomic E-state index is 5.62. The van der Waals surface area contributed by atoms with Crippen molar-refractivity contribution in [3.8, 4) is 22.2 Å². The molecule has 0 atom stereocenters. The first-order chi connectivity index (χ1) is 10.9. The predicted octanol–water partition coefficient (Wildman–Crippen LogP) is 4.35. The van der Waals surface area contributed by atoms with E-state index in [1.165, 1.54) is 0 Å². The smallest absolute Gasteiger partial charge is 0.270 e. The molecule has 0 saturated carbocycles. The first kappa shape index (κ1) is 18.6. The molecule has 0 unspecified atom stereocenters. The van der Waals surface area contributed by atoms with Gasteiger partial charge in [0.25, 0.3) is 5.89 Å². The average molecular weight is 365 g/mol. The Balaban J connectivity index is 0.00000208. The number of aryl methyl sites for hydroxylation is 1. The van der Waals surface area contributed by atoms with Crippen LogP contribution in [0.1, 0.15) is 37.0 Å². The minimum Gasteiger partial charge on any atom is -0.333 e. The van der Waals surface area contributed by atoms with E-state index in [-0.39, 0.29) is 17.8 Å². The molecule has 0 radical (unpaired) electrons. The van der Waals surface area contributed by atoms with Gasteiger partial charge in [0, 0.05) is 17.5 Å². The highest BCUT2D eigenvalue weighted by molar-refractivity contribution is 7.15. The number of hydrogen-bond donors (Lipinski definition) is 1.